The Bertz CT molecular complexity index is 613. The van der Waals surface area contributed by atoms with Crippen molar-refractivity contribution in [3.63, 3.8) is 0 Å². The van der Waals surface area contributed by atoms with Crippen molar-refractivity contribution in [3.05, 3.63) is 34.9 Å². The van der Waals surface area contributed by atoms with Gasteiger partial charge in [-0.1, -0.05) is 12.8 Å². The van der Waals surface area contributed by atoms with Crippen LogP contribution in [-0.2, 0) is 12.4 Å². The number of nitrogens with one attached hydrogen (secondary N) is 1. The molecule has 1 saturated heterocycles. The third kappa shape index (κ3) is 4.17. The van der Waals surface area contributed by atoms with Gasteiger partial charge in [-0.15, -0.1) is 0 Å². The molecule has 146 valence electrons. The van der Waals surface area contributed by atoms with Crippen LogP contribution < -0.4 is 5.32 Å². The van der Waals surface area contributed by atoms with Crippen molar-refractivity contribution >= 4 is 0 Å². The van der Waals surface area contributed by atoms with Crippen molar-refractivity contribution in [1.29, 1.82) is 0 Å². The number of benzene rings is 1. The van der Waals surface area contributed by atoms with E-state index in [0.717, 1.165) is 31.7 Å². The monoisotopic (exact) mass is 380 g/mol. The lowest BCUT2D eigenvalue weighted by Gasteiger charge is -2.40. The number of nitrogens with zero attached hydrogens (tertiary/aromatic N) is 1. The van der Waals surface area contributed by atoms with Gasteiger partial charge >= 0.3 is 12.4 Å². The highest BCUT2D eigenvalue weighted by Gasteiger charge is 2.42. The van der Waals surface area contributed by atoms with Gasteiger partial charge in [-0.2, -0.15) is 26.3 Å². The van der Waals surface area contributed by atoms with E-state index in [1.165, 1.54) is 0 Å². The topological polar surface area (TPSA) is 15.3 Å². The minimum Gasteiger partial charge on any atom is -0.314 e. The van der Waals surface area contributed by atoms with Crippen molar-refractivity contribution in [2.45, 2.75) is 44.1 Å². The number of alkyl halides is 6. The fourth-order valence-corrected chi connectivity index (χ4v) is 4.22. The van der Waals surface area contributed by atoms with E-state index in [4.69, 9.17) is 0 Å². The summed E-state index contributed by atoms with van der Waals surface area (Å²) in [6.45, 7) is 2.33. The molecule has 1 aromatic carbocycles. The molecule has 1 heterocycles. The van der Waals surface area contributed by atoms with Crippen molar-refractivity contribution in [1.82, 2.24) is 10.2 Å². The Kier molecular flexibility index (Phi) is 5.53. The van der Waals surface area contributed by atoms with Gasteiger partial charge in [0.15, 0.2) is 0 Å². The molecule has 1 N–H and O–H groups in total. The average Bonchev–Trinajstić information content (AvgIpc) is 3.08. The summed E-state index contributed by atoms with van der Waals surface area (Å²) in [5, 5.41) is 3.15. The number of rotatable bonds is 3. The zero-order chi connectivity index (χ0) is 18.9. The van der Waals surface area contributed by atoms with Crippen LogP contribution in [0.4, 0.5) is 26.3 Å². The molecule has 3 rings (SSSR count). The molecule has 1 atom stereocenters. The first kappa shape index (κ1) is 19.5. The molecular formula is C18H22F6N2. The highest BCUT2D eigenvalue weighted by molar-refractivity contribution is 5.38. The van der Waals surface area contributed by atoms with Gasteiger partial charge in [-0.05, 0) is 42.5 Å². The van der Waals surface area contributed by atoms with E-state index in [2.05, 4.69) is 5.32 Å². The van der Waals surface area contributed by atoms with E-state index in [9.17, 15) is 26.3 Å². The first-order valence-corrected chi connectivity index (χ1v) is 8.91. The van der Waals surface area contributed by atoms with Crippen molar-refractivity contribution in [2.24, 2.45) is 5.92 Å². The maximum Gasteiger partial charge on any atom is 0.416 e. The van der Waals surface area contributed by atoms with E-state index in [-0.39, 0.29) is 11.5 Å². The second-order valence-electron chi connectivity index (χ2n) is 7.07. The molecule has 0 amide bonds. The maximum atomic E-state index is 13.6. The Labute approximate surface area is 148 Å². The molecule has 2 aliphatic rings. The fraction of sp³-hybridized carbons (Fsp3) is 0.667. The van der Waals surface area contributed by atoms with Gasteiger partial charge in [0.25, 0.3) is 0 Å². The highest BCUT2D eigenvalue weighted by atomic mass is 19.4. The smallest absolute Gasteiger partial charge is 0.314 e. The van der Waals surface area contributed by atoms with E-state index < -0.39 is 29.5 Å². The maximum absolute atomic E-state index is 13.6. The number of hydrogen-bond acceptors (Lipinski definition) is 2. The predicted octanol–water partition coefficient (Wildman–Crippen LogP) is 4.86. The van der Waals surface area contributed by atoms with E-state index in [1.54, 1.807) is 0 Å². The van der Waals surface area contributed by atoms with Crippen molar-refractivity contribution < 1.29 is 26.3 Å². The third-order valence-electron chi connectivity index (χ3n) is 5.39. The largest absolute Gasteiger partial charge is 0.416 e. The van der Waals surface area contributed by atoms with E-state index in [0.29, 0.717) is 38.3 Å². The Hall–Kier alpha value is -1.28. The molecule has 0 radical (unpaired) electrons. The molecule has 1 aliphatic heterocycles. The zero-order valence-electron chi connectivity index (χ0n) is 14.3. The van der Waals surface area contributed by atoms with Crippen LogP contribution in [0.1, 0.15) is 48.4 Å². The highest BCUT2D eigenvalue weighted by Crippen LogP contribution is 2.45. The quantitative estimate of drug-likeness (QED) is 0.754. The molecule has 1 aliphatic carbocycles. The van der Waals surface area contributed by atoms with Crippen LogP contribution in [0.3, 0.4) is 0 Å². The lowest BCUT2D eigenvalue weighted by molar-refractivity contribution is -0.142. The first-order chi connectivity index (χ1) is 12.2. The van der Waals surface area contributed by atoms with Crippen LogP contribution in [0.15, 0.2) is 18.2 Å². The van der Waals surface area contributed by atoms with Crippen LogP contribution in [0.2, 0.25) is 0 Å². The summed E-state index contributed by atoms with van der Waals surface area (Å²) in [7, 11) is 0. The second kappa shape index (κ2) is 7.38. The van der Waals surface area contributed by atoms with E-state index >= 15 is 0 Å². The van der Waals surface area contributed by atoms with Crippen LogP contribution in [0.5, 0.6) is 0 Å². The SMILES string of the molecule is FC(F)(F)c1ccc(C(F)(F)F)c([C@H](C2CCCC2)N2CCNCC2)c1. The summed E-state index contributed by atoms with van der Waals surface area (Å²) >= 11 is 0. The molecule has 8 heteroatoms. The van der Waals surface area contributed by atoms with Crippen LogP contribution in [0.25, 0.3) is 0 Å². The summed E-state index contributed by atoms with van der Waals surface area (Å²) < 4.78 is 80.3. The van der Waals surface area contributed by atoms with Crippen LogP contribution in [-0.4, -0.2) is 31.1 Å². The fourth-order valence-electron chi connectivity index (χ4n) is 4.22. The van der Waals surface area contributed by atoms with Gasteiger partial charge in [0.05, 0.1) is 11.1 Å². The summed E-state index contributed by atoms with van der Waals surface area (Å²) in [6.07, 6.45) is -6.02. The van der Waals surface area contributed by atoms with Gasteiger partial charge in [-0.25, -0.2) is 0 Å². The molecule has 2 fully saturated rings. The van der Waals surface area contributed by atoms with Gasteiger partial charge < -0.3 is 5.32 Å². The molecule has 26 heavy (non-hydrogen) atoms. The van der Waals surface area contributed by atoms with Gasteiger partial charge in [0.2, 0.25) is 0 Å². The minimum absolute atomic E-state index is 0.0438. The number of hydrogen-bond donors (Lipinski definition) is 1. The first-order valence-electron chi connectivity index (χ1n) is 8.91. The second-order valence-corrected chi connectivity index (χ2v) is 7.07. The van der Waals surface area contributed by atoms with Crippen molar-refractivity contribution in [3.8, 4) is 0 Å². The molecule has 0 aromatic heterocycles. The zero-order valence-corrected chi connectivity index (χ0v) is 14.3. The summed E-state index contributed by atoms with van der Waals surface area (Å²) in [5.41, 5.74) is -2.18. The number of halogens is 6. The molecule has 0 bridgehead atoms. The lowest BCUT2D eigenvalue weighted by atomic mass is 9.86. The normalized spacial score (nSPS) is 21.9. The molecule has 1 saturated carbocycles. The molecule has 0 spiro atoms. The Balaban J connectivity index is 2.10. The van der Waals surface area contributed by atoms with Gasteiger partial charge in [0, 0.05) is 32.2 Å². The molecule has 1 aromatic rings. The summed E-state index contributed by atoms with van der Waals surface area (Å²) in [6, 6.07) is 1.24. The summed E-state index contributed by atoms with van der Waals surface area (Å²) in [4.78, 5) is 1.93. The van der Waals surface area contributed by atoms with Crippen LogP contribution in [0, 0.1) is 5.92 Å². The van der Waals surface area contributed by atoms with Gasteiger partial charge in [-0.3, -0.25) is 4.90 Å². The van der Waals surface area contributed by atoms with Crippen molar-refractivity contribution in [2.75, 3.05) is 26.2 Å². The van der Waals surface area contributed by atoms with E-state index in [1.807, 2.05) is 4.90 Å². The standard InChI is InChI=1S/C18H22F6N2/c19-17(20,21)13-5-6-15(18(22,23)24)14(11-13)16(12-3-1-2-4-12)26-9-7-25-8-10-26/h5-6,11-12,16,25H,1-4,7-10H2/t16-/m0/s1. The molecule has 0 unspecified atom stereocenters. The number of piperazine rings is 1. The predicted molar refractivity (Wildman–Crippen MR) is 85.6 cm³/mol. The lowest BCUT2D eigenvalue weighted by Crippen LogP contribution is -2.47. The Morgan fingerprint density at radius 2 is 1.54 bits per heavy atom. The van der Waals surface area contributed by atoms with Crippen LogP contribution >= 0.6 is 0 Å². The Morgan fingerprint density at radius 1 is 0.923 bits per heavy atom. The average molecular weight is 380 g/mol. The molecular weight excluding hydrogens is 358 g/mol. The minimum atomic E-state index is -4.68. The summed E-state index contributed by atoms with van der Waals surface area (Å²) in [5.74, 6) is -0.0438. The Morgan fingerprint density at radius 3 is 2.08 bits per heavy atom. The molecule has 2 nitrogen and oxygen atoms in total. The third-order valence-corrected chi connectivity index (χ3v) is 5.39. The van der Waals surface area contributed by atoms with Gasteiger partial charge in [0.1, 0.15) is 0 Å².